The lowest BCUT2D eigenvalue weighted by Crippen LogP contribution is -2.34. The summed E-state index contributed by atoms with van der Waals surface area (Å²) in [7, 11) is -1.14. The van der Waals surface area contributed by atoms with Gasteiger partial charge in [-0.1, -0.05) is 38.1 Å². The van der Waals surface area contributed by atoms with Gasteiger partial charge >= 0.3 is 0 Å². The smallest absolute Gasteiger partial charge is 0.148 e. The Morgan fingerprint density at radius 1 is 1.17 bits per heavy atom. The van der Waals surface area contributed by atoms with Crippen LogP contribution in [0.3, 0.4) is 0 Å². The Labute approximate surface area is 111 Å². The molecule has 0 spiro atoms. The molecule has 0 saturated heterocycles. The van der Waals surface area contributed by atoms with E-state index in [1.807, 2.05) is 0 Å². The summed E-state index contributed by atoms with van der Waals surface area (Å²) in [5, 5.41) is 3.07. The summed E-state index contributed by atoms with van der Waals surface area (Å²) >= 11 is 0. The first-order chi connectivity index (χ1) is 8.31. The first-order valence-electron chi connectivity index (χ1n) is 6.25. The quantitative estimate of drug-likeness (QED) is 0.859. The summed E-state index contributed by atoms with van der Waals surface area (Å²) < 4.78 is 22.6. The molecule has 18 heavy (non-hydrogen) atoms. The molecule has 0 fully saturated rings. The standard InChI is InChI=1S/C14H23NO2S/c1-11(2)13-7-5-12(6-8-13)9-14(15-3)10-18(4,16)17/h5-8,11,14-15H,9-10H2,1-4H3. The predicted octanol–water partition coefficient (Wildman–Crippen LogP) is 1.99. The molecule has 0 bridgehead atoms. The molecule has 1 atom stereocenters. The van der Waals surface area contributed by atoms with Crippen molar-refractivity contribution in [3.63, 3.8) is 0 Å². The highest BCUT2D eigenvalue weighted by molar-refractivity contribution is 7.90. The second-order valence-corrected chi connectivity index (χ2v) is 7.36. The highest BCUT2D eigenvalue weighted by Crippen LogP contribution is 2.15. The summed E-state index contributed by atoms with van der Waals surface area (Å²) in [5.74, 6) is 0.699. The van der Waals surface area contributed by atoms with E-state index in [9.17, 15) is 8.42 Å². The molecule has 0 aliphatic carbocycles. The maximum absolute atomic E-state index is 11.3. The van der Waals surface area contributed by atoms with Gasteiger partial charge in [0.1, 0.15) is 9.84 Å². The molecule has 0 amide bonds. The van der Waals surface area contributed by atoms with Gasteiger partial charge in [0.15, 0.2) is 0 Å². The lowest BCUT2D eigenvalue weighted by atomic mass is 9.99. The van der Waals surface area contributed by atoms with Gasteiger partial charge in [0.2, 0.25) is 0 Å². The van der Waals surface area contributed by atoms with Crippen LogP contribution < -0.4 is 5.32 Å². The van der Waals surface area contributed by atoms with Crippen molar-refractivity contribution in [3.05, 3.63) is 35.4 Å². The normalized spacial score (nSPS) is 13.8. The zero-order chi connectivity index (χ0) is 13.8. The second kappa shape index (κ2) is 6.34. The Hall–Kier alpha value is -0.870. The first-order valence-corrected chi connectivity index (χ1v) is 8.31. The summed E-state index contributed by atoms with van der Waals surface area (Å²) in [6.45, 7) is 4.32. The number of hydrogen-bond donors (Lipinski definition) is 1. The molecule has 1 rings (SSSR count). The Morgan fingerprint density at radius 3 is 2.11 bits per heavy atom. The van der Waals surface area contributed by atoms with Gasteiger partial charge in [-0.2, -0.15) is 0 Å². The number of hydrogen-bond acceptors (Lipinski definition) is 3. The molecule has 3 nitrogen and oxygen atoms in total. The third-order valence-corrected chi connectivity index (χ3v) is 4.05. The van der Waals surface area contributed by atoms with E-state index >= 15 is 0 Å². The zero-order valence-electron chi connectivity index (χ0n) is 11.6. The maximum atomic E-state index is 11.3. The minimum atomic E-state index is -2.94. The lowest BCUT2D eigenvalue weighted by molar-refractivity contribution is 0.567. The van der Waals surface area contributed by atoms with Crippen LogP contribution in [0.1, 0.15) is 30.9 Å². The van der Waals surface area contributed by atoms with E-state index in [1.54, 1.807) is 7.05 Å². The van der Waals surface area contributed by atoms with E-state index in [0.717, 1.165) is 6.42 Å². The average molecular weight is 269 g/mol. The third-order valence-electron chi connectivity index (χ3n) is 3.04. The van der Waals surface area contributed by atoms with Crippen LogP contribution in [0.5, 0.6) is 0 Å². The van der Waals surface area contributed by atoms with E-state index in [0.29, 0.717) is 5.92 Å². The molecule has 4 heteroatoms. The van der Waals surface area contributed by atoms with E-state index in [2.05, 4.69) is 43.4 Å². The number of sulfone groups is 1. The second-order valence-electron chi connectivity index (χ2n) is 5.18. The lowest BCUT2D eigenvalue weighted by Gasteiger charge is -2.15. The van der Waals surface area contributed by atoms with Crippen LogP contribution in [0.2, 0.25) is 0 Å². The van der Waals surface area contributed by atoms with Crippen molar-refractivity contribution in [2.24, 2.45) is 0 Å². The highest BCUT2D eigenvalue weighted by atomic mass is 32.2. The molecule has 0 radical (unpaired) electrons. The van der Waals surface area contributed by atoms with Gasteiger partial charge in [-0.15, -0.1) is 0 Å². The molecule has 0 saturated carbocycles. The van der Waals surface area contributed by atoms with Crippen molar-refractivity contribution >= 4 is 9.84 Å². The zero-order valence-corrected chi connectivity index (χ0v) is 12.4. The van der Waals surface area contributed by atoms with Gasteiger partial charge in [-0.25, -0.2) is 8.42 Å². The van der Waals surface area contributed by atoms with Crippen LogP contribution in [-0.4, -0.2) is 33.5 Å². The van der Waals surface area contributed by atoms with E-state index in [4.69, 9.17) is 0 Å². The number of rotatable bonds is 6. The molecular formula is C14H23NO2S. The number of benzene rings is 1. The molecule has 0 aromatic heterocycles. The van der Waals surface area contributed by atoms with Crippen LogP contribution in [-0.2, 0) is 16.3 Å². The van der Waals surface area contributed by atoms with Crippen LogP contribution in [0.4, 0.5) is 0 Å². The fraction of sp³-hybridized carbons (Fsp3) is 0.571. The Morgan fingerprint density at radius 2 is 1.72 bits per heavy atom. The number of likely N-dealkylation sites (N-methyl/N-ethyl adjacent to an activating group) is 1. The monoisotopic (exact) mass is 269 g/mol. The van der Waals surface area contributed by atoms with Crippen LogP contribution in [0.15, 0.2) is 24.3 Å². The topological polar surface area (TPSA) is 46.2 Å². The minimum absolute atomic E-state index is 0.0232. The van der Waals surface area contributed by atoms with Crippen molar-refractivity contribution < 1.29 is 8.42 Å². The van der Waals surface area contributed by atoms with Gasteiger partial charge in [-0.3, -0.25) is 0 Å². The van der Waals surface area contributed by atoms with Gasteiger partial charge < -0.3 is 5.32 Å². The molecule has 0 aliphatic heterocycles. The summed E-state index contributed by atoms with van der Waals surface area (Å²) in [4.78, 5) is 0. The SMILES string of the molecule is CNC(Cc1ccc(C(C)C)cc1)CS(C)(=O)=O. The van der Waals surface area contributed by atoms with Crippen molar-refractivity contribution in [3.8, 4) is 0 Å². The van der Waals surface area contributed by atoms with E-state index < -0.39 is 9.84 Å². The Kier molecular flexibility index (Phi) is 5.35. The van der Waals surface area contributed by atoms with Gasteiger partial charge in [0, 0.05) is 12.3 Å². The van der Waals surface area contributed by atoms with Gasteiger partial charge in [-0.05, 0) is 30.5 Å². The van der Waals surface area contributed by atoms with E-state index in [1.165, 1.54) is 17.4 Å². The highest BCUT2D eigenvalue weighted by Gasteiger charge is 2.14. The van der Waals surface area contributed by atoms with E-state index in [-0.39, 0.29) is 11.8 Å². The van der Waals surface area contributed by atoms with Crippen LogP contribution in [0, 0.1) is 0 Å². The fourth-order valence-corrected chi connectivity index (χ4v) is 2.95. The van der Waals surface area contributed by atoms with Crippen molar-refractivity contribution in [2.45, 2.75) is 32.2 Å². The summed E-state index contributed by atoms with van der Waals surface area (Å²) in [6, 6.07) is 8.38. The minimum Gasteiger partial charge on any atom is -0.316 e. The fourth-order valence-electron chi connectivity index (χ4n) is 1.93. The van der Waals surface area contributed by atoms with Crippen molar-refractivity contribution in [1.29, 1.82) is 0 Å². The molecule has 1 N–H and O–H groups in total. The Bertz CT molecular complexity index is 463. The molecule has 102 valence electrons. The molecular weight excluding hydrogens is 246 g/mol. The Balaban J connectivity index is 2.70. The summed E-state index contributed by atoms with van der Waals surface area (Å²) in [5.41, 5.74) is 2.48. The van der Waals surface area contributed by atoms with Crippen molar-refractivity contribution in [2.75, 3.05) is 19.1 Å². The molecule has 1 aromatic carbocycles. The average Bonchev–Trinajstić information content (AvgIpc) is 2.27. The number of nitrogens with one attached hydrogen (secondary N) is 1. The van der Waals surface area contributed by atoms with Crippen LogP contribution in [0.25, 0.3) is 0 Å². The molecule has 1 unspecified atom stereocenters. The molecule has 1 aromatic rings. The summed E-state index contributed by atoms with van der Waals surface area (Å²) in [6.07, 6.45) is 2.02. The van der Waals surface area contributed by atoms with Gasteiger partial charge in [0.25, 0.3) is 0 Å². The van der Waals surface area contributed by atoms with Crippen LogP contribution >= 0.6 is 0 Å². The molecule has 0 heterocycles. The molecule has 0 aliphatic rings. The first kappa shape index (κ1) is 15.2. The maximum Gasteiger partial charge on any atom is 0.148 e. The van der Waals surface area contributed by atoms with Gasteiger partial charge in [0.05, 0.1) is 5.75 Å². The van der Waals surface area contributed by atoms with Crippen molar-refractivity contribution in [1.82, 2.24) is 5.32 Å². The predicted molar refractivity (Wildman–Crippen MR) is 76.8 cm³/mol. The third kappa shape index (κ3) is 5.19. The largest absolute Gasteiger partial charge is 0.316 e.